The summed E-state index contributed by atoms with van der Waals surface area (Å²) in [6.07, 6.45) is 5.50. The molecule has 3 amide bonds. The van der Waals surface area contributed by atoms with Crippen molar-refractivity contribution in [3.8, 4) is 0 Å². The van der Waals surface area contributed by atoms with E-state index in [-0.39, 0.29) is 44.0 Å². The van der Waals surface area contributed by atoms with Crippen molar-refractivity contribution in [2.45, 2.75) is 81.2 Å². The molecule has 1 aromatic rings. The maximum absolute atomic E-state index is 14.3. The Morgan fingerprint density at radius 3 is 2.49 bits per heavy atom. The average molecular weight is 512 g/mol. The highest BCUT2D eigenvalue weighted by atomic mass is 32.2. The number of amides is 3. The SMILES string of the molecule is O=C1CCC(N2Cc3c(SCCCCCCCN4CCC(F)(F)CC4)cc(F)cc3C2=O)C(=O)N1. The number of fused-ring (bicyclic) bond motifs is 1. The molecule has 0 aliphatic carbocycles. The lowest BCUT2D eigenvalue weighted by atomic mass is 10.0. The maximum Gasteiger partial charge on any atom is 0.255 e. The van der Waals surface area contributed by atoms with Crippen LogP contribution in [0.1, 0.15) is 73.7 Å². The topological polar surface area (TPSA) is 69.7 Å². The molecule has 0 spiro atoms. The Kier molecular flexibility index (Phi) is 8.42. The Bertz CT molecular complexity index is 965. The molecule has 35 heavy (non-hydrogen) atoms. The normalized spacial score (nSPS) is 22.4. The first-order chi connectivity index (χ1) is 16.7. The summed E-state index contributed by atoms with van der Waals surface area (Å²) in [6, 6.07) is 1.97. The predicted molar refractivity (Wildman–Crippen MR) is 127 cm³/mol. The first-order valence-corrected chi connectivity index (χ1v) is 13.4. The number of piperidine rings is 2. The number of nitrogens with one attached hydrogen (secondary N) is 1. The van der Waals surface area contributed by atoms with Crippen LogP contribution < -0.4 is 5.32 Å². The van der Waals surface area contributed by atoms with Gasteiger partial charge in [-0.3, -0.25) is 19.7 Å². The van der Waals surface area contributed by atoms with E-state index in [0.29, 0.717) is 18.7 Å². The first-order valence-electron chi connectivity index (χ1n) is 12.4. The van der Waals surface area contributed by atoms with Gasteiger partial charge in [0.05, 0.1) is 0 Å². The molecule has 4 rings (SSSR count). The van der Waals surface area contributed by atoms with Gasteiger partial charge in [0.25, 0.3) is 11.8 Å². The molecule has 2 saturated heterocycles. The van der Waals surface area contributed by atoms with Crippen LogP contribution in [0, 0.1) is 5.82 Å². The van der Waals surface area contributed by atoms with E-state index >= 15 is 0 Å². The standard InChI is InChI=1S/C25H32F3N3O3S/c26-17-14-18-19(16-31(24(18)34)20-6-7-22(32)29-23(20)33)21(15-17)35-13-5-3-1-2-4-10-30-11-8-25(27,28)9-12-30/h14-15,20H,1-13,16H2,(H,29,32,33). The van der Waals surface area contributed by atoms with Crippen LogP contribution >= 0.6 is 11.8 Å². The molecule has 1 unspecified atom stereocenters. The van der Waals surface area contributed by atoms with Crippen LogP contribution in [0.4, 0.5) is 13.2 Å². The van der Waals surface area contributed by atoms with Gasteiger partial charge in [-0.25, -0.2) is 13.2 Å². The van der Waals surface area contributed by atoms with Gasteiger partial charge in [-0.2, -0.15) is 0 Å². The molecule has 3 heterocycles. The number of alkyl halides is 2. The fourth-order valence-electron chi connectivity index (χ4n) is 4.98. The number of hydrogen-bond acceptors (Lipinski definition) is 5. The van der Waals surface area contributed by atoms with E-state index in [2.05, 4.69) is 10.2 Å². The highest BCUT2D eigenvalue weighted by Crippen LogP contribution is 2.35. The summed E-state index contributed by atoms with van der Waals surface area (Å²) in [5, 5.41) is 2.28. The summed E-state index contributed by atoms with van der Waals surface area (Å²) in [4.78, 5) is 40.9. The number of halogens is 3. The third kappa shape index (κ3) is 6.58. The van der Waals surface area contributed by atoms with Gasteiger partial charge in [0, 0.05) is 49.4 Å². The molecular weight excluding hydrogens is 479 g/mol. The van der Waals surface area contributed by atoms with Gasteiger partial charge in [0.1, 0.15) is 11.9 Å². The zero-order valence-electron chi connectivity index (χ0n) is 19.8. The van der Waals surface area contributed by atoms with Crippen LogP contribution in [-0.4, -0.2) is 64.9 Å². The lowest BCUT2D eigenvalue weighted by molar-refractivity contribution is -0.136. The Morgan fingerprint density at radius 1 is 1.03 bits per heavy atom. The van der Waals surface area contributed by atoms with E-state index in [0.717, 1.165) is 54.9 Å². The highest BCUT2D eigenvalue weighted by molar-refractivity contribution is 7.99. The zero-order chi connectivity index (χ0) is 25.0. The monoisotopic (exact) mass is 511 g/mol. The van der Waals surface area contributed by atoms with Crippen LogP contribution in [0.25, 0.3) is 0 Å². The van der Waals surface area contributed by atoms with Crippen molar-refractivity contribution < 1.29 is 27.6 Å². The van der Waals surface area contributed by atoms with Crippen LogP contribution in [0.2, 0.25) is 0 Å². The number of unbranched alkanes of at least 4 members (excludes halogenated alkanes) is 4. The molecule has 0 aromatic heterocycles. The second kappa shape index (κ2) is 11.3. The van der Waals surface area contributed by atoms with Gasteiger partial charge >= 0.3 is 0 Å². The lowest BCUT2D eigenvalue weighted by Gasteiger charge is -2.31. The first kappa shape index (κ1) is 26.0. The van der Waals surface area contributed by atoms with Crippen molar-refractivity contribution in [3.05, 3.63) is 29.1 Å². The van der Waals surface area contributed by atoms with Gasteiger partial charge in [-0.05, 0) is 49.3 Å². The number of nitrogens with zero attached hydrogens (tertiary/aromatic N) is 2. The third-order valence-electron chi connectivity index (χ3n) is 7.04. The molecule has 3 aliphatic rings. The van der Waals surface area contributed by atoms with E-state index < -0.39 is 23.7 Å². The van der Waals surface area contributed by atoms with Gasteiger partial charge in [0.2, 0.25) is 11.8 Å². The highest BCUT2D eigenvalue weighted by Gasteiger charge is 2.40. The molecule has 6 nitrogen and oxygen atoms in total. The minimum absolute atomic E-state index is 0.0368. The number of likely N-dealkylation sites (tertiary alicyclic amines) is 1. The average Bonchev–Trinajstić information content (AvgIpc) is 3.12. The summed E-state index contributed by atoms with van der Waals surface area (Å²) in [6.45, 7) is 2.07. The number of rotatable bonds is 10. The maximum atomic E-state index is 14.3. The second-order valence-corrected chi connectivity index (χ2v) is 10.8. The molecule has 1 atom stereocenters. The largest absolute Gasteiger partial charge is 0.322 e. The Labute approximate surface area is 208 Å². The smallest absolute Gasteiger partial charge is 0.255 e. The Hall–Kier alpha value is -2.07. The third-order valence-corrected chi connectivity index (χ3v) is 8.21. The summed E-state index contributed by atoms with van der Waals surface area (Å²) in [7, 11) is 0. The molecule has 3 aliphatic heterocycles. The van der Waals surface area contributed by atoms with Gasteiger partial charge < -0.3 is 9.80 Å². The van der Waals surface area contributed by atoms with E-state index in [1.807, 2.05) is 0 Å². The minimum Gasteiger partial charge on any atom is -0.322 e. The Balaban J connectivity index is 1.19. The van der Waals surface area contributed by atoms with Crippen molar-refractivity contribution in [3.63, 3.8) is 0 Å². The molecule has 0 radical (unpaired) electrons. The van der Waals surface area contributed by atoms with Crippen LogP contribution in [0.3, 0.4) is 0 Å². The van der Waals surface area contributed by atoms with E-state index in [4.69, 9.17) is 0 Å². The molecule has 1 aromatic carbocycles. The van der Waals surface area contributed by atoms with E-state index in [1.54, 1.807) is 0 Å². The lowest BCUT2D eigenvalue weighted by Crippen LogP contribution is -2.52. The van der Waals surface area contributed by atoms with Crippen molar-refractivity contribution in [1.29, 1.82) is 0 Å². The van der Waals surface area contributed by atoms with Gasteiger partial charge in [0.15, 0.2) is 0 Å². The number of benzene rings is 1. The van der Waals surface area contributed by atoms with Crippen LogP contribution in [0.15, 0.2) is 17.0 Å². The fourth-order valence-corrected chi connectivity index (χ4v) is 6.09. The number of hydrogen-bond donors (Lipinski definition) is 1. The molecule has 10 heteroatoms. The number of carbonyl (C=O) groups excluding carboxylic acids is 3. The van der Waals surface area contributed by atoms with Crippen molar-refractivity contribution in [1.82, 2.24) is 15.1 Å². The second-order valence-electron chi connectivity index (χ2n) is 9.64. The molecule has 1 N–H and O–H groups in total. The van der Waals surface area contributed by atoms with E-state index in [1.165, 1.54) is 28.8 Å². The van der Waals surface area contributed by atoms with Crippen molar-refractivity contribution >= 4 is 29.5 Å². The number of carbonyl (C=O) groups is 3. The quantitative estimate of drug-likeness (QED) is 0.287. The minimum atomic E-state index is -2.49. The molecule has 192 valence electrons. The zero-order valence-corrected chi connectivity index (χ0v) is 20.6. The van der Waals surface area contributed by atoms with Gasteiger partial charge in [-0.1, -0.05) is 19.3 Å². The van der Waals surface area contributed by atoms with Crippen LogP contribution in [0.5, 0.6) is 0 Å². The molecule has 0 bridgehead atoms. The van der Waals surface area contributed by atoms with Gasteiger partial charge in [-0.15, -0.1) is 11.8 Å². The summed E-state index contributed by atoms with van der Waals surface area (Å²) < 4.78 is 40.7. The predicted octanol–water partition coefficient (Wildman–Crippen LogP) is 4.36. The van der Waals surface area contributed by atoms with Crippen molar-refractivity contribution in [2.75, 3.05) is 25.4 Å². The Morgan fingerprint density at radius 2 is 1.74 bits per heavy atom. The summed E-state index contributed by atoms with van der Waals surface area (Å²) in [5.74, 6) is -3.35. The molecule has 2 fully saturated rings. The summed E-state index contributed by atoms with van der Waals surface area (Å²) >= 11 is 1.53. The number of thioether (sulfide) groups is 1. The molecule has 0 saturated carbocycles. The summed E-state index contributed by atoms with van der Waals surface area (Å²) in [5.41, 5.74) is 1.05. The van der Waals surface area contributed by atoms with Crippen LogP contribution in [-0.2, 0) is 16.1 Å². The fraction of sp³-hybridized carbons (Fsp3) is 0.640. The molecular formula is C25H32F3N3O3S. The van der Waals surface area contributed by atoms with Crippen molar-refractivity contribution in [2.24, 2.45) is 0 Å². The van der Waals surface area contributed by atoms with E-state index in [9.17, 15) is 27.6 Å². The number of imide groups is 1.